The molecule has 0 bridgehead atoms. The second kappa shape index (κ2) is 7.63. The van der Waals surface area contributed by atoms with E-state index in [-0.39, 0.29) is 0 Å². The van der Waals surface area contributed by atoms with Gasteiger partial charge in [-0.1, -0.05) is 26.3 Å². The van der Waals surface area contributed by atoms with Crippen LogP contribution >= 0.6 is 0 Å². The van der Waals surface area contributed by atoms with Crippen molar-refractivity contribution in [3.63, 3.8) is 0 Å². The van der Waals surface area contributed by atoms with E-state index in [0.717, 1.165) is 12.2 Å². The minimum Gasteiger partial charge on any atom is -0.368 e. The zero-order chi connectivity index (χ0) is 14.4. The molecule has 3 nitrogen and oxygen atoms in total. The molecule has 0 radical (unpaired) electrons. The molecule has 112 valence electrons. The lowest BCUT2D eigenvalue weighted by atomic mass is 10.1. The first-order chi connectivity index (χ1) is 9.74. The number of pyridine rings is 1. The van der Waals surface area contributed by atoms with Crippen molar-refractivity contribution in [2.24, 2.45) is 0 Å². The van der Waals surface area contributed by atoms with Crippen LogP contribution in [0.3, 0.4) is 0 Å². The Bertz CT molecular complexity index is 388. The van der Waals surface area contributed by atoms with Crippen LogP contribution < -0.4 is 5.32 Å². The second-order valence-electron chi connectivity index (χ2n) is 5.98. The molecular weight excluding hydrogens is 246 g/mol. The largest absolute Gasteiger partial charge is 0.368 e. The van der Waals surface area contributed by atoms with E-state index in [9.17, 15) is 0 Å². The maximum absolute atomic E-state index is 4.59. The predicted molar refractivity (Wildman–Crippen MR) is 86.1 cm³/mol. The number of nitrogens with zero attached hydrogens (tertiary/aromatic N) is 2. The van der Waals surface area contributed by atoms with Crippen molar-refractivity contribution in [1.29, 1.82) is 0 Å². The summed E-state index contributed by atoms with van der Waals surface area (Å²) in [4.78, 5) is 7.22. The van der Waals surface area contributed by atoms with Crippen LogP contribution in [0.25, 0.3) is 0 Å². The SMILES string of the molecule is CCCCN1CCC[C@@H]1c1ccc(N[C@H](C)CC)nc1. The zero-order valence-electron chi connectivity index (χ0n) is 13.2. The van der Waals surface area contributed by atoms with Gasteiger partial charge in [0.2, 0.25) is 0 Å². The molecule has 0 unspecified atom stereocenters. The van der Waals surface area contributed by atoms with Crippen molar-refractivity contribution in [3.05, 3.63) is 23.9 Å². The molecule has 0 saturated carbocycles. The van der Waals surface area contributed by atoms with Crippen LogP contribution in [-0.4, -0.2) is 29.0 Å². The lowest BCUT2D eigenvalue weighted by Crippen LogP contribution is -2.24. The summed E-state index contributed by atoms with van der Waals surface area (Å²) in [6.07, 6.45) is 8.37. The number of rotatable bonds is 7. The standard InChI is InChI=1S/C17H29N3/c1-4-6-11-20-12-7-8-16(20)15-9-10-17(18-13-15)19-14(3)5-2/h9-10,13-14,16H,4-8,11-12H2,1-3H3,(H,18,19)/t14-,16-/m1/s1. The van der Waals surface area contributed by atoms with E-state index < -0.39 is 0 Å². The molecule has 2 rings (SSSR count). The monoisotopic (exact) mass is 275 g/mol. The number of likely N-dealkylation sites (tertiary alicyclic amines) is 1. The highest BCUT2D eigenvalue weighted by Crippen LogP contribution is 2.31. The van der Waals surface area contributed by atoms with Crippen LogP contribution in [0.1, 0.15) is 64.5 Å². The van der Waals surface area contributed by atoms with E-state index in [4.69, 9.17) is 0 Å². The first-order valence-corrected chi connectivity index (χ1v) is 8.21. The van der Waals surface area contributed by atoms with Gasteiger partial charge in [-0.25, -0.2) is 4.98 Å². The summed E-state index contributed by atoms with van der Waals surface area (Å²) in [6.45, 7) is 9.13. The molecule has 1 N–H and O–H groups in total. The van der Waals surface area contributed by atoms with Crippen molar-refractivity contribution in [2.75, 3.05) is 18.4 Å². The van der Waals surface area contributed by atoms with Gasteiger partial charge in [-0.15, -0.1) is 0 Å². The number of hydrogen-bond acceptors (Lipinski definition) is 3. The minimum absolute atomic E-state index is 0.487. The topological polar surface area (TPSA) is 28.2 Å². The summed E-state index contributed by atoms with van der Waals surface area (Å²) in [5.74, 6) is 1.00. The summed E-state index contributed by atoms with van der Waals surface area (Å²) in [5, 5.41) is 3.43. The average molecular weight is 275 g/mol. The Morgan fingerprint density at radius 3 is 2.90 bits per heavy atom. The van der Waals surface area contributed by atoms with Crippen molar-refractivity contribution in [2.45, 2.75) is 65.0 Å². The van der Waals surface area contributed by atoms with Crippen LogP contribution in [0.2, 0.25) is 0 Å². The minimum atomic E-state index is 0.487. The molecule has 20 heavy (non-hydrogen) atoms. The maximum atomic E-state index is 4.59. The van der Waals surface area contributed by atoms with E-state index in [1.54, 1.807) is 0 Å². The highest BCUT2D eigenvalue weighted by molar-refractivity contribution is 5.37. The molecule has 2 heterocycles. The van der Waals surface area contributed by atoms with E-state index >= 15 is 0 Å². The van der Waals surface area contributed by atoms with E-state index in [2.05, 4.69) is 54.3 Å². The van der Waals surface area contributed by atoms with Crippen LogP contribution in [-0.2, 0) is 0 Å². The molecule has 0 spiro atoms. The van der Waals surface area contributed by atoms with Gasteiger partial charge in [-0.05, 0) is 57.3 Å². The van der Waals surface area contributed by atoms with E-state index in [1.165, 1.54) is 44.3 Å². The lowest BCUT2D eigenvalue weighted by Gasteiger charge is -2.24. The molecule has 0 amide bonds. The Labute approximate surface area is 123 Å². The first-order valence-electron chi connectivity index (χ1n) is 8.21. The normalized spacial score (nSPS) is 21.1. The highest BCUT2D eigenvalue weighted by Gasteiger charge is 2.25. The van der Waals surface area contributed by atoms with Crippen molar-refractivity contribution >= 4 is 5.82 Å². The maximum Gasteiger partial charge on any atom is 0.126 e. The fraction of sp³-hybridized carbons (Fsp3) is 0.706. The molecule has 0 aromatic carbocycles. The number of hydrogen-bond donors (Lipinski definition) is 1. The highest BCUT2D eigenvalue weighted by atomic mass is 15.2. The molecule has 1 fully saturated rings. The zero-order valence-corrected chi connectivity index (χ0v) is 13.2. The van der Waals surface area contributed by atoms with Crippen molar-refractivity contribution < 1.29 is 0 Å². The third kappa shape index (κ3) is 3.95. The fourth-order valence-corrected chi connectivity index (χ4v) is 2.87. The van der Waals surface area contributed by atoms with Crippen LogP contribution in [0, 0.1) is 0 Å². The van der Waals surface area contributed by atoms with Gasteiger partial charge in [0, 0.05) is 18.3 Å². The van der Waals surface area contributed by atoms with Gasteiger partial charge in [0.1, 0.15) is 5.82 Å². The molecule has 2 atom stereocenters. The smallest absolute Gasteiger partial charge is 0.126 e. The van der Waals surface area contributed by atoms with Gasteiger partial charge >= 0.3 is 0 Å². The lowest BCUT2D eigenvalue weighted by molar-refractivity contribution is 0.253. The fourth-order valence-electron chi connectivity index (χ4n) is 2.87. The van der Waals surface area contributed by atoms with Gasteiger partial charge in [-0.3, -0.25) is 4.90 Å². The molecule has 0 aliphatic carbocycles. The Kier molecular flexibility index (Phi) is 5.84. The Morgan fingerprint density at radius 1 is 1.40 bits per heavy atom. The van der Waals surface area contributed by atoms with Crippen LogP contribution in [0.15, 0.2) is 18.3 Å². The van der Waals surface area contributed by atoms with Gasteiger partial charge < -0.3 is 5.32 Å². The molecule has 1 aromatic heterocycles. The molecule has 1 aromatic rings. The van der Waals surface area contributed by atoms with Crippen LogP contribution in [0.4, 0.5) is 5.82 Å². The van der Waals surface area contributed by atoms with Crippen molar-refractivity contribution in [3.8, 4) is 0 Å². The Balaban J connectivity index is 1.98. The van der Waals surface area contributed by atoms with E-state index in [0.29, 0.717) is 12.1 Å². The van der Waals surface area contributed by atoms with Gasteiger partial charge in [0.25, 0.3) is 0 Å². The molecule has 3 heteroatoms. The third-order valence-corrected chi connectivity index (χ3v) is 4.34. The number of aromatic nitrogens is 1. The Morgan fingerprint density at radius 2 is 2.25 bits per heavy atom. The summed E-state index contributed by atoms with van der Waals surface area (Å²) < 4.78 is 0. The predicted octanol–water partition coefficient (Wildman–Crippen LogP) is 4.23. The van der Waals surface area contributed by atoms with E-state index in [1.807, 2.05) is 0 Å². The third-order valence-electron chi connectivity index (χ3n) is 4.34. The average Bonchev–Trinajstić information content (AvgIpc) is 2.94. The first kappa shape index (κ1) is 15.3. The number of nitrogens with one attached hydrogen (secondary N) is 1. The van der Waals surface area contributed by atoms with Crippen LogP contribution in [0.5, 0.6) is 0 Å². The molecule has 1 saturated heterocycles. The second-order valence-corrected chi connectivity index (χ2v) is 5.98. The van der Waals surface area contributed by atoms with Gasteiger partial charge in [-0.2, -0.15) is 0 Å². The number of unbranched alkanes of at least 4 members (excludes halogenated alkanes) is 1. The molecular formula is C17H29N3. The van der Waals surface area contributed by atoms with Gasteiger partial charge in [0.15, 0.2) is 0 Å². The molecule has 1 aliphatic rings. The summed E-state index contributed by atoms with van der Waals surface area (Å²) in [5.41, 5.74) is 1.38. The molecule has 1 aliphatic heterocycles. The van der Waals surface area contributed by atoms with Gasteiger partial charge in [0.05, 0.1) is 0 Å². The quantitative estimate of drug-likeness (QED) is 0.807. The number of anilines is 1. The van der Waals surface area contributed by atoms with Crippen molar-refractivity contribution in [1.82, 2.24) is 9.88 Å². The summed E-state index contributed by atoms with van der Waals surface area (Å²) >= 11 is 0. The Hall–Kier alpha value is -1.09. The summed E-state index contributed by atoms with van der Waals surface area (Å²) in [6, 6.07) is 5.47. The summed E-state index contributed by atoms with van der Waals surface area (Å²) in [7, 11) is 0.